The van der Waals surface area contributed by atoms with Crippen molar-refractivity contribution >= 4 is 0 Å². The fourth-order valence-electron chi connectivity index (χ4n) is 2.75. The molecular formula is C21H16FN3. The number of hydrogen-bond acceptors (Lipinski definition) is 2. The number of nitrogens with zero attached hydrogens (tertiary/aromatic N) is 2. The minimum atomic E-state index is -0.214. The summed E-state index contributed by atoms with van der Waals surface area (Å²) in [6.07, 6.45) is 4.07. The van der Waals surface area contributed by atoms with E-state index in [0.29, 0.717) is 12.0 Å². The Balaban J connectivity index is 1.55. The molecule has 1 N–H and O–H groups in total. The number of benzene rings is 2. The van der Waals surface area contributed by atoms with Gasteiger partial charge in [0.15, 0.2) is 0 Å². The lowest BCUT2D eigenvalue weighted by molar-refractivity contribution is 0.612. The molecule has 2 heterocycles. The van der Waals surface area contributed by atoms with E-state index < -0.39 is 0 Å². The zero-order valence-corrected chi connectivity index (χ0v) is 13.5. The summed E-state index contributed by atoms with van der Waals surface area (Å²) in [5, 5.41) is 0. The quantitative estimate of drug-likeness (QED) is 0.580. The van der Waals surface area contributed by atoms with Gasteiger partial charge in [-0.15, -0.1) is 0 Å². The van der Waals surface area contributed by atoms with Crippen molar-refractivity contribution in [2.24, 2.45) is 0 Å². The number of hydrogen-bond donors (Lipinski definition) is 1. The van der Waals surface area contributed by atoms with Crippen LogP contribution in [0.25, 0.3) is 22.5 Å². The van der Waals surface area contributed by atoms with Crippen molar-refractivity contribution < 1.29 is 4.39 Å². The second-order valence-electron chi connectivity index (χ2n) is 5.80. The highest BCUT2D eigenvalue weighted by molar-refractivity contribution is 5.64. The van der Waals surface area contributed by atoms with Crippen LogP contribution in [0.3, 0.4) is 0 Å². The molecule has 122 valence electrons. The molecule has 0 saturated carbocycles. The maximum absolute atomic E-state index is 13.8. The zero-order chi connectivity index (χ0) is 17.1. The summed E-state index contributed by atoms with van der Waals surface area (Å²) < 4.78 is 13.8. The maximum atomic E-state index is 13.8. The number of H-pyrrole nitrogens is 1. The Bertz CT molecular complexity index is 975. The van der Waals surface area contributed by atoms with Gasteiger partial charge in [-0.05, 0) is 23.8 Å². The number of pyridine rings is 1. The summed E-state index contributed by atoms with van der Waals surface area (Å²) in [5.41, 5.74) is 4.36. The second kappa shape index (κ2) is 6.69. The van der Waals surface area contributed by atoms with Gasteiger partial charge in [-0.1, -0.05) is 48.5 Å². The molecule has 4 aromatic rings. The standard InChI is InChI=1S/C21H16FN3/c22-18-9-5-4-8-16(18)12-21-24-14-20(25-21)17-10-11-19(23-13-17)15-6-2-1-3-7-15/h1-11,13-14H,12H2,(H,24,25). The molecule has 0 radical (unpaired) electrons. The summed E-state index contributed by atoms with van der Waals surface area (Å²) in [5.74, 6) is 0.515. The highest BCUT2D eigenvalue weighted by Crippen LogP contribution is 2.22. The molecule has 0 saturated heterocycles. The molecule has 0 aliphatic carbocycles. The van der Waals surface area contributed by atoms with E-state index in [1.54, 1.807) is 12.1 Å². The van der Waals surface area contributed by atoms with Crippen LogP contribution in [-0.2, 0) is 6.42 Å². The van der Waals surface area contributed by atoms with Crippen molar-refractivity contribution in [2.45, 2.75) is 6.42 Å². The lowest BCUT2D eigenvalue weighted by atomic mass is 10.1. The average Bonchev–Trinajstić information content (AvgIpc) is 3.13. The third kappa shape index (κ3) is 3.33. The van der Waals surface area contributed by atoms with Crippen LogP contribution in [-0.4, -0.2) is 15.0 Å². The van der Waals surface area contributed by atoms with Crippen molar-refractivity contribution in [1.82, 2.24) is 15.0 Å². The van der Waals surface area contributed by atoms with Crippen LogP contribution in [0.1, 0.15) is 11.4 Å². The van der Waals surface area contributed by atoms with Crippen LogP contribution in [0.15, 0.2) is 79.1 Å². The van der Waals surface area contributed by atoms with E-state index in [1.165, 1.54) is 6.07 Å². The van der Waals surface area contributed by atoms with Crippen LogP contribution in [0.5, 0.6) is 0 Å². The molecule has 0 unspecified atom stereocenters. The molecule has 0 atom stereocenters. The van der Waals surface area contributed by atoms with E-state index in [1.807, 2.05) is 60.9 Å². The van der Waals surface area contributed by atoms with Crippen molar-refractivity contribution in [3.63, 3.8) is 0 Å². The van der Waals surface area contributed by atoms with E-state index in [2.05, 4.69) is 15.0 Å². The smallest absolute Gasteiger partial charge is 0.126 e. The Labute approximate surface area is 145 Å². The van der Waals surface area contributed by atoms with Crippen LogP contribution >= 0.6 is 0 Å². The Morgan fingerprint density at radius 3 is 2.36 bits per heavy atom. The third-order valence-electron chi connectivity index (χ3n) is 4.08. The first kappa shape index (κ1) is 15.3. The van der Waals surface area contributed by atoms with Crippen LogP contribution in [0, 0.1) is 5.82 Å². The first-order chi connectivity index (χ1) is 12.3. The fourth-order valence-corrected chi connectivity index (χ4v) is 2.75. The van der Waals surface area contributed by atoms with E-state index in [9.17, 15) is 4.39 Å². The molecule has 4 rings (SSSR count). The van der Waals surface area contributed by atoms with Gasteiger partial charge in [0.05, 0.1) is 11.4 Å². The lowest BCUT2D eigenvalue weighted by Gasteiger charge is -2.02. The second-order valence-corrected chi connectivity index (χ2v) is 5.80. The highest BCUT2D eigenvalue weighted by atomic mass is 19.1. The maximum Gasteiger partial charge on any atom is 0.126 e. The van der Waals surface area contributed by atoms with Gasteiger partial charge in [0.2, 0.25) is 0 Å². The topological polar surface area (TPSA) is 41.6 Å². The largest absolute Gasteiger partial charge is 0.348 e. The predicted octanol–water partition coefficient (Wildman–Crippen LogP) is 4.87. The van der Waals surface area contributed by atoms with Crippen molar-refractivity contribution in [3.05, 3.63) is 96.3 Å². The van der Waals surface area contributed by atoms with Crippen LogP contribution < -0.4 is 0 Å². The van der Waals surface area contributed by atoms with E-state index in [0.717, 1.165) is 28.3 Å². The predicted molar refractivity (Wildman–Crippen MR) is 96.5 cm³/mol. The normalized spacial score (nSPS) is 10.8. The summed E-state index contributed by atoms with van der Waals surface area (Å²) >= 11 is 0. The Morgan fingerprint density at radius 1 is 0.800 bits per heavy atom. The molecule has 0 bridgehead atoms. The first-order valence-electron chi connectivity index (χ1n) is 8.09. The van der Waals surface area contributed by atoms with Gasteiger partial charge in [0.1, 0.15) is 11.6 Å². The SMILES string of the molecule is Fc1ccccc1Cc1nc(-c2ccc(-c3ccccc3)nc2)c[nH]1. The molecule has 0 spiro atoms. The van der Waals surface area contributed by atoms with Gasteiger partial charge in [-0.3, -0.25) is 4.98 Å². The summed E-state index contributed by atoms with van der Waals surface area (Å²) in [4.78, 5) is 12.2. The number of imidazole rings is 1. The molecule has 0 amide bonds. The van der Waals surface area contributed by atoms with Crippen LogP contribution in [0.2, 0.25) is 0 Å². The minimum Gasteiger partial charge on any atom is -0.348 e. The molecule has 0 fully saturated rings. The Hall–Kier alpha value is -3.27. The first-order valence-corrected chi connectivity index (χ1v) is 8.09. The number of aromatic nitrogens is 3. The molecule has 4 heteroatoms. The summed E-state index contributed by atoms with van der Waals surface area (Å²) in [6.45, 7) is 0. The molecular weight excluding hydrogens is 313 g/mol. The monoisotopic (exact) mass is 329 g/mol. The highest BCUT2D eigenvalue weighted by Gasteiger charge is 2.08. The van der Waals surface area contributed by atoms with Gasteiger partial charge in [-0.25, -0.2) is 9.37 Å². The van der Waals surface area contributed by atoms with Crippen molar-refractivity contribution in [3.8, 4) is 22.5 Å². The molecule has 2 aromatic carbocycles. The Kier molecular flexibility index (Phi) is 4.09. The molecule has 0 aliphatic rings. The lowest BCUT2D eigenvalue weighted by Crippen LogP contribution is -1.94. The van der Waals surface area contributed by atoms with Gasteiger partial charge in [0.25, 0.3) is 0 Å². The number of rotatable bonds is 4. The fraction of sp³-hybridized carbons (Fsp3) is 0.0476. The molecule has 0 aliphatic heterocycles. The average molecular weight is 329 g/mol. The van der Waals surface area contributed by atoms with Crippen molar-refractivity contribution in [1.29, 1.82) is 0 Å². The van der Waals surface area contributed by atoms with E-state index in [4.69, 9.17) is 0 Å². The van der Waals surface area contributed by atoms with E-state index in [-0.39, 0.29) is 5.82 Å². The number of nitrogens with one attached hydrogen (secondary N) is 1. The van der Waals surface area contributed by atoms with E-state index >= 15 is 0 Å². The zero-order valence-electron chi connectivity index (χ0n) is 13.5. The molecule has 2 aromatic heterocycles. The number of halogens is 1. The summed E-state index contributed by atoms with van der Waals surface area (Å²) in [7, 11) is 0. The van der Waals surface area contributed by atoms with Crippen molar-refractivity contribution in [2.75, 3.05) is 0 Å². The number of aromatic amines is 1. The van der Waals surface area contributed by atoms with Gasteiger partial charge in [0, 0.05) is 29.9 Å². The third-order valence-corrected chi connectivity index (χ3v) is 4.08. The van der Waals surface area contributed by atoms with Gasteiger partial charge >= 0.3 is 0 Å². The minimum absolute atomic E-state index is 0.214. The van der Waals surface area contributed by atoms with Gasteiger partial charge in [-0.2, -0.15) is 0 Å². The van der Waals surface area contributed by atoms with Crippen LogP contribution in [0.4, 0.5) is 4.39 Å². The molecule has 25 heavy (non-hydrogen) atoms. The van der Waals surface area contributed by atoms with Gasteiger partial charge < -0.3 is 4.98 Å². The summed E-state index contributed by atoms with van der Waals surface area (Å²) in [6, 6.07) is 20.8. The molecule has 3 nitrogen and oxygen atoms in total. The Morgan fingerprint density at radius 2 is 1.60 bits per heavy atom.